The number of anilines is 1. The highest BCUT2D eigenvalue weighted by Gasteiger charge is 2.00. The van der Waals surface area contributed by atoms with Gasteiger partial charge in [-0.1, -0.05) is 0 Å². The van der Waals surface area contributed by atoms with E-state index in [0.717, 1.165) is 11.4 Å². The second-order valence-corrected chi connectivity index (χ2v) is 5.90. The third-order valence-electron chi connectivity index (χ3n) is 2.11. The Morgan fingerprint density at radius 3 is 2.38 bits per heavy atom. The minimum absolute atomic E-state index is 0.218. The number of ether oxygens (including phenoxy) is 1. The summed E-state index contributed by atoms with van der Waals surface area (Å²) in [5, 5.41) is 3.15. The SMILES string of the molecule is COc1ccc(NCCCS(C)(=O)=O)cc1. The lowest BCUT2D eigenvalue weighted by Gasteiger charge is -2.06. The van der Waals surface area contributed by atoms with Crippen molar-refractivity contribution in [2.45, 2.75) is 6.42 Å². The van der Waals surface area contributed by atoms with E-state index < -0.39 is 9.84 Å². The van der Waals surface area contributed by atoms with Gasteiger partial charge in [0.15, 0.2) is 0 Å². The Morgan fingerprint density at radius 1 is 1.25 bits per heavy atom. The third-order valence-corrected chi connectivity index (χ3v) is 3.14. The summed E-state index contributed by atoms with van der Waals surface area (Å²) in [5.74, 6) is 1.03. The van der Waals surface area contributed by atoms with E-state index in [2.05, 4.69) is 5.32 Å². The molecule has 0 radical (unpaired) electrons. The molecule has 0 fully saturated rings. The molecule has 0 aliphatic carbocycles. The van der Waals surface area contributed by atoms with Gasteiger partial charge in [0.05, 0.1) is 12.9 Å². The van der Waals surface area contributed by atoms with Crippen LogP contribution in [0.5, 0.6) is 5.75 Å². The molecule has 0 heterocycles. The Kier molecular flexibility index (Phi) is 4.61. The summed E-state index contributed by atoms with van der Waals surface area (Å²) in [5.41, 5.74) is 0.967. The van der Waals surface area contributed by atoms with Crippen LogP contribution in [0.3, 0.4) is 0 Å². The van der Waals surface area contributed by atoms with E-state index in [1.807, 2.05) is 24.3 Å². The molecule has 0 spiro atoms. The number of nitrogens with one attached hydrogen (secondary N) is 1. The Labute approximate surface area is 96.5 Å². The van der Waals surface area contributed by atoms with Crippen molar-refractivity contribution in [2.24, 2.45) is 0 Å². The van der Waals surface area contributed by atoms with Gasteiger partial charge >= 0.3 is 0 Å². The van der Waals surface area contributed by atoms with Crippen molar-refractivity contribution in [3.63, 3.8) is 0 Å². The zero-order valence-corrected chi connectivity index (χ0v) is 10.4. The Bertz CT molecular complexity index is 411. The van der Waals surface area contributed by atoms with E-state index in [1.165, 1.54) is 6.26 Å². The molecule has 4 nitrogen and oxygen atoms in total. The highest BCUT2D eigenvalue weighted by atomic mass is 32.2. The molecule has 0 aliphatic rings. The Hall–Kier alpha value is -1.23. The van der Waals surface area contributed by atoms with E-state index in [-0.39, 0.29) is 5.75 Å². The smallest absolute Gasteiger partial charge is 0.147 e. The second-order valence-electron chi connectivity index (χ2n) is 3.64. The van der Waals surface area contributed by atoms with Crippen molar-refractivity contribution < 1.29 is 13.2 Å². The summed E-state index contributed by atoms with van der Waals surface area (Å²) in [6.45, 7) is 0.652. The molecule has 0 aromatic heterocycles. The van der Waals surface area contributed by atoms with Crippen LogP contribution >= 0.6 is 0 Å². The number of hydrogen-bond acceptors (Lipinski definition) is 4. The first-order chi connectivity index (χ1) is 7.51. The molecule has 1 aromatic carbocycles. The molecule has 1 N–H and O–H groups in total. The fraction of sp³-hybridized carbons (Fsp3) is 0.455. The topological polar surface area (TPSA) is 55.4 Å². The van der Waals surface area contributed by atoms with Crippen molar-refractivity contribution in [2.75, 3.05) is 31.0 Å². The first-order valence-electron chi connectivity index (χ1n) is 5.07. The molecule has 0 atom stereocenters. The molecule has 0 amide bonds. The quantitative estimate of drug-likeness (QED) is 0.770. The molecule has 90 valence electrons. The number of rotatable bonds is 6. The fourth-order valence-corrected chi connectivity index (χ4v) is 1.94. The van der Waals surface area contributed by atoms with Crippen LogP contribution in [-0.4, -0.2) is 34.1 Å². The first-order valence-corrected chi connectivity index (χ1v) is 7.13. The minimum atomic E-state index is -2.85. The van der Waals surface area contributed by atoms with Gasteiger partial charge in [-0.05, 0) is 30.7 Å². The fourth-order valence-electron chi connectivity index (χ4n) is 1.28. The van der Waals surface area contributed by atoms with Crippen LogP contribution in [0.15, 0.2) is 24.3 Å². The Balaban J connectivity index is 2.32. The largest absolute Gasteiger partial charge is 0.497 e. The van der Waals surface area contributed by atoms with Crippen LogP contribution in [0.4, 0.5) is 5.69 Å². The maximum atomic E-state index is 10.9. The summed E-state index contributed by atoms with van der Waals surface area (Å²) in [6, 6.07) is 7.52. The summed E-state index contributed by atoms with van der Waals surface area (Å²) >= 11 is 0. The van der Waals surface area contributed by atoms with Gasteiger partial charge in [-0.25, -0.2) is 8.42 Å². The van der Waals surface area contributed by atoms with E-state index in [4.69, 9.17) is 4.74 Å². The number of methoxy groups -OCH3 is 1. The zero-order chi connectivity index (χ0) is 12.0. The predicted molar refractivity (Wildman–Crippen MR) is 65.8 cm³/mol. The predicted octanol–water partition coefficient (Wildman–Crippen LogP) is 1.54. The Morgan fingerprint density at radius 2 is 1.88 bits per heavy atom. The number of sulfone groups is 1. The number of hydrogen-bond donors (Lipinski definition) is 1. The van der Waals surface area contributed by atoms with Gasteiger partial charge in [-0.2, -0.15) is 0 Å². The van der Waals surface area contributed by atoms with Crippen LogP contribution in [-0.2, 0) is 9.84 Å². The monoisotopic (exact) mass is 243 g/mol. The minimum Gasteiger partial charge on any atom is -0.497 e. The van der Waals surface area contributed by atoms with E-state index in [1.54, 1.807) is 7.11 Å². The van der Waals surface area contributed by atoms with E-state index >= 15 is 0 Å². The van der Waals surface area contributed by atoms with E-state index in [0.29, 0.717) is 13.0 Å². The highest BCUT2D eigenvalue weighted by Crippen LogP contribution is 2.14. The lowest BCUT2D eigenvalue weighted by atomic mass is 10.3. The van der Waals surface area contributed by atoms with Crippen molar-refractivity contribution >= 4 is 15.5 Å². The van der Waals surface area contributed by atoms with E-state index in [9.17, 15) is 8.42 Å². The molecule has 5 heteroatoms. The average molecular weight is 243 g/mol. The number of benzene rings is 1. The molecular formula is C11H17NO3S. The van der Waals surface area contributed by atoms with Crippen LogP contribution in [0.1, 0.15) is 6.42 Å². The average Bonchev–Trinajstić information content (AvgIpc) is 2.24. The highest BCUT2D eigenvalue weighted by molar-refractivity contribution is 7.90. The molecule has 0 aliphatic heterocycles. The summed E-state index contributed by atoms with van der Waals surface area (Å²) in [6.07, 6.45) is 1.87. The maximum absolute atomic E-state index is 10.9. The lowest BCUT2D eigenvalue weighted by Crippen LogP contribution is -2.09. The normalized spacial score (nSPS) is 11.1. The van der Waals surface area contributed by atoms with Crippen LogP contribution in [0.2, 0.25) is 0 Å². The van der Waals surface area contributed by atoms with Gasteiger partial charge in [-0.15, -0.1) is 0 Å². The van der Waals surface area contributed by atoms with Crippen molar-refractivity contribution in [3.05, 3.63) is 24.3 Å². The summed E-state index contributed by atoms with van der Waals surface area (Å²) in [7, 11) is -1.23. The zero-order valence-electron chi connectivity index (χ0n) is 9.56. The van der Waals surface area contributed by atoms with Gasteiger partial charge in [-0.3, -0.25) is 0 Å². The third kappa shape index (κ3) is 5.02. The molecule has 0 saturated heterocycles. The van der Waals surface area contributed by atoms with Crippen LogP contribution in [0.25, 0.3) is 0 Å². The first kappa shape index (κ1) is 12.8. The van der Waals surface area contributed by atoms with Crippen molar-refractivity contribution in [1.82, 2.24) is 0 Å². The standard InChI is InChI=1S/C11H17NO3S/c1-15-11-6-4-10(5-7-11)12-8-3-9-16(2,13)14/h4-7,12H,3,8-9H2,1-2H3. The maximum Gasteiger partial charge on any atom is 0.147 e. The van der Waals surface area contributed by atoms with Crippen molar-refractivity contribution in [3.8, 4) is 5.75 Å². The molecular weight excluding hydrogens is 226 g/mol. The molecule has 0 bridgehead atoms. The van der Waals surface area contributed by atoms with Gasteiger partial charge in [0.1, 0.15) is 15.6 Å². The molecule has 0 saturated carbocycles. The van der Waals surface area contributed by atoms with Gasteiger partial charge in [0.25, 0.3) is 0 Å². The van der Waals surface area contributed by atoms with Gasteiger partial charge < -0.3 is 10.1 Å². The van der Waals surface area contributed by atoms with Gasteiger partial charge in [0.2, 0.25) is 0 Å². The van der Waals surface area contributed by atoms with Crippen LogP contribution in [0, 0.1) is 0 Å². The molecule has 1 aromatic rings. The molecule has 0 unspecified atom stereocenters. The lowest BCUT2D eigenvalue weighted by molar-refractivity contribution is 0.415. The summed E-state index contributed by atoms with van der Waals surface area (Å²) < 4.78 is 26.8. The second kappa shape index (κ2) is 5.75. The summed E-state index contributed by atoms with van der Waals surface area (Å²) in [4.78, 5) is 0. The van der Waals surface area contributed by atoms with Gasteiger partial charge in [0, 0.05) is 18.5 Å². The molecule has 16 heavy (non-hydrogen) atoms. The van der Waals surface area contributed by atoms with Crippen molar-refractivity contribution in [1.29, 1.82) is 0 Å². The van der Waals surface area contributed by atoms with Crippen LogP contribution < -0.4 is 10.1 Å². The molecule has 1 rings (SSSR count).